The highest BCUT2D eigenvalue weighted by atomic mass is 35.5. The van der Waals surface area contributed by atoms with Gasteiger partial charge in [-0.05, 0) is 53.6 Å². The molecule has 5 rings (SSSR count). The fourth-order valence-corrected chi connectivity index (χ4v) is 5.92. The molecule has 9 heteroatoms. The zero-order valence-electron chi connectivity index (χ0n) is 21.8. The largest absolute Gasteiger partial charge is 0.481 e. The number of benzene rings is 2. The SMILES string of the molecule is C/C=C/Sc1c2n(c3cc(-c4nnn(C)n4)cc(-c4ccccc4)c13)CCC2CC(=O)O.CC/C=C\CCl. The molecule has 0 spiro atoms. The van der Waals surface area contributed by atoms with Gasteiger partial charge in [-0.1, -0.05) is 67.2 Å². The summed E-state index contributed by atoms with van der Waals surface area (Å²) >= 11 is 6.96. The number of rotatable bonds is 8. The fraction of sp³-hybridized carbons (Fsp3) is 0.310. The van der Waals surface area contributed by atoms with Crippen LogP contribution in [0.2, 0.25) is 0 Å². The Morgan fingerprint density at radius 3 is 2.61 bits per heavy atom. The van der Waals surface area contributed by atoms with Gasteiger partial charge < -0.3 is 9.67 Å². The highest BCUT2D eigenvalue weighted by molar-refractivity contribution is 8.02. The molecule has 198 valence electrons. The number of halogens is 1. The van der Waals surface area contributed by atoms with E-state index >= 15 is 0 Å². The molecule has 0 aliphatic carbocycles. The lowest BCUT2D eigenvalue weighted by molar-refractivity contribution is -0.137. The van der Waals surface area contributed by atoms with Crippen molar-refractivity contribution in [1.82, 2.24) is 24.8 Å². The number of hydrogen-bond donors (Lipinski definition) is 1. The Bertz CT molecular complexity index is 1450. The summed E-state index contributed by atoms with van der Waals surface area (Å²) in [5, 5.41) is 25.4. The van der Waals surface area contributed by atoms with Gasteiger partial charge in [0.1, 0.15) is 0 Å². The van der Waals surface area contributed by atoms with Crippen LogP contribution in [0.3, 0.4) is 0 Å². The number of thioether (sulfide) groups is 1. The molecule has 0 saturated carbocycles. The molecule has 1 N–H and O–H groups in total. The Kier molecular flexibility index (Phi) is 9.42. The summed E-state index contributed by atoms with van der Waals surface area (Å²) in [4.78, 5) is 14.2. The van der Waals surface area contributed by atoms with Crippen LogP contribution in [0.1, 0.15) is 44.7 Å². The molecular weight excluding hydrogens is 518 g/mol. The van der Waals surface area contributed by atoms with Crippen LogP contribution in [0, 0.1) is 0 Å². The summed E-state index contributed by atoms with van der Waals surface area (Å²) in [6.07, 6.45) is 8.07. The number of carbonyl (C=O) groups is 1. The van der Waals surface area contributed by atoms with Crippen molar-refractivity contribution in [2.75, 3.05) is 5.88 Å². The summed E-state index contributed by atoms with van der Waals surface area (Å²) in [6, 6.07) is 14.5. The third-order valence-electron chi connectivity index (χ3n) is 6.33. The van der Waals surface area contributed by atoms with Gasteiger partial charge >= 0.3 is 5.97 Å². The number of aryl methyl sites for hydroxylation is 2. The number of carboxylic acids is 1. The second-order valence-electron chi connectivity index (χ2n) is 8.96. The van der Waals surface area contributed by atoms with Gasteiger partial charge in [0.25, 0.3) is 0 Å². The molecule has 3 heterocycles. The zero-order valence-corrected chi connectivity index (χ0v) is 23.4. The molecule has 1 unspecified atom stereocenters. The van der Waals surface area contributed by atoms with Crippen LogP contribution in [0.4, 0.5) is 0 Å². The van der Waals surface area contributed by atoms with Gasteiger partial charge in [0.2, 0.25) is 5.82 Å². The van der Waals surface area contributed by atoms with Crippen LogP contribution in [-0.2, 0) is 18.4 Å². The highest BCUT2D eigenvalue weighted by Gasteiger charge is 2.32. The Morgan fingerprint density at radius 1 is 1.21 bits per heavy atom. The average Bonchev–Trinajstić information content (AvgIpc) is 3.62. The summed E-state index contributed by atoms with van der Waals surface area (Å²) in [5.74, 6) is 0.455. The molecule has 0 saturated heterocycles. The molecule has 1 aliphatic rings. The molecule has 0 fully saturated rings. The van der Waals surface area contributed by atoms with Gasteiger partial charge in [-0.15, -0.1) is 21.8 Å². The van der Waals surface area contributed by atoms with E-state index in [9.17, 15) is 9.90 Å². The van der Waals surface area contributed by atoms with Crippen LogP contribution in [0.15, 0.2) is 71.0 Å². The van der Waals surface area contributed by atoms with E-state index < -0.39 is 5.97 Å². The summed E-state index contributed by atoms with van der Waals surface area (Å²) in [6.45, 7) is 4.88. The molecule has 4 aromatic rings. The molecule has 0 bridgehead atoms. The molecule has 2 aromatic heterocycles. The van der Waals surface area contributed by atoms with Crippen molar-refractivity contribution in [3.63, 3.8) is 0 Å². The lowest BCUT2D eigenvalue weighted by Crippen LogP contribution is -2.04. The molecular formula is C29H32ClN5O2S. The average molecular weight is 550 g/mol. The van der Waals surface area contributed by atoms with Crippen LogP contribution in [0.5, 0.6) is 0 Å². The summed E-state index contributed by atoms with van der Waals surface area (Å²) in [5.41, 5.74) is 5.29. The first-order valence-corrected chi connectivity index (χ1v) is 14.1. The van der Waals surface area contributed by atoms with E-state index in [-0.39, 0.29) is 12.3 Å². The maximum absolute atomic E-state index is 11.6. The van der Waals surface area contributed by atoms with Crippen LogP contribution < -0.4 is 0 Å². The maximum atomic E-state index is 11.6. The number of aliphatic carboxylic acids is 1. The Balaban J connectivity index is 0.000000505. The van der Waals surface area contributed by atoms with Crippen LogP contribution in [-0.4, -0.2) is 41.7 Å². The number of hydrogen-bond acceptors (Lipinski definition) is 5. The van der Waals surface area contributed by atoms with E-state index in [0.717, 1.165) is 57.6 Å². The molecule has 2 aromatic carbocycles. The van der Waals surface area contributed by atoms with Gasteiger partial charge in [-0.2, -0.15) is 4.80 Å². The number of carboxylic acid groups (broad SMARTS) is 1. The van der Waals surface area contributed by atoms with Crippen molar-refractivity contribution in [1.29, 1.82) is 0 Å². The van der Waals surface area contributed by atoms with E-state index in [1.54, 1.807) is 18.8 Å². The number of allylic oxidation sites excluding steroid dienone is 3. The van der Waals surface area contributed by atoms with E-state index in [1.165, 1.54) is 4.80 Å². The molecule has 0 amide bonds. The molecule has 1 aliphatic heterocycles. The predicted molar refractivity (Wildman–Crippen MR) is 156 cm³/mol. The smallest absolute Gasteiger partial charge is 0.304 e. The first kappa shape index (κ1) is 27.7. The van der Waals surface area contributed by atoms with Crippen molar-refractivity contribution in [3.8, 4) is 22.5 Å². The van der Waals surface area contributed by atoms with Gasteiger partial charge in [0.15, 0.2) is 0 Å². The van der Waals surface area contributed by atoms with Gasteiger partial charge in [0.05, 0.1) is 19.0 Å². The van der Waals surface area contributed by atoms with Gasteiger partial charge in [0, 0.05) is 39.9 Å². The third kappa shape index (κ3) is 6.03. The molecule has 1 atom stereocenters. The van der Waals surface area contributed by atoms with E-state index in [0.29, 0.717) is 11.7 Å². The Morgan fingerprint density at radius 2 is 2.00 bits per heavy atom. The highest BCUT2D eigenvalue weighted by Crippen LogP contribution is 2.48. The summed E-state index contributed by atoms with van der Waals surface area (Å²) in [7, 11) is 1.75. The lowest BCUT2D eigenvalue weighted by Gasteiger charge is -2.11. The molecule has 0 radical (unpaired) electrons. The number of fused-ring (bicyclic) bond motifs is 3. The number of tetrazole rings is 1. The van der Waals surface area contributed by atoms with Crippen molar-refractivity contribution < 1.29 is 9.90 Å². The lowest BCUT2D eigenvalue weighted by atomic mass is 9.96. The normalized spacial score (nSPS) is 14.8. The maximum Gasteiger partial charge on any atom is 0.304 e. The topological polar surface area (TPSA) is 85.8 Å². The van der Waals surface area contributed by atoms with Crippen molar-refractivity contribution in [2.24, 2.45) is 7.05 Å². The van der Waals surface area contributed by atoms with Gasteiger partial charge in [-0.3, -0.25) is 4.79 Å². The van der Waals surface area contributed by atoms with E-state index in [1.807, 2.05) is 43.4 Å². The first-order valence-electron chi connectivity index (χ1n) is 12.7. The number of aromatic nitrogens is 5. The van der Waals surface area contributed by atoms with E-state index in [2.05, 4.69) is 56.6 Å². The van der Waals surface area contributed by atoms with Crippen LogP contribution in [0.25, 0.3) is 33.4 Å². The second-order valence-corrected chi connectivity index (χ2v) is 10.2. The zero-order chi connectivity index (χ0) is 27.1. The minimum atomic E-state index is -0.761. The quantitative estimate of drug-likeness (QED) is 0.141. The van der Waals surface area contributed by atoms with Gasteiger partial charge in [-0.25, -0.2) is 0 Å². The van der Waals surface area contributed by atoms with Crippen molar-refractivity contribution in [2.45, 2.75) is 50.5 Å². The first-order chi connectivity index (χ1) is 18.5. The van der Waals surface area contributed by atoms with Crippen molar-refractivity contribution in [3.05, 3.63) is 71.8 Å². The van der Waals surface area contributed by atoms with Crippen molar-refractivity contribution >= 4 is 40.2 Å². The Hall–Kier alpha value is -3.36. The number of nitrogens with zero attached hydrogens (tertiary/aromatic N) is 5. The second kappa shape index (κ2) is 12.9. The van der Waals surface area contributed by atoms with E-state index in [4.69, 9.17) is 11.6 Å². The minimum absolute atomic E-state index is 0.00521. The molecule has 38 heavy (non-hydrogen) atoms. The third-order valence-corrected chi connectivity index (χ3v) is 7.57. The standard InChI is InChI=1S/C24H23N5O2S.C5H9Cl/c1-3-11-32-23-21-18(15-7-5-4-6-8-15)12-17(24-25-27-28(2)26-24)13-19(21)29-10-9-16(22(23)29)14-20(30)31;1-2-3-4-5-6/h3-8,11-13,16H,9-10,14H2,1-2H3,(H,30,31);3-4H,2,5H2,1H3/b11-3+;4-3-. The van der Waals surface area contributed by atoms with Crippen LogP contribution >= 0.6 is 23.4 Å². The monoisotopic (exact) mass is 549 g/mol. The number of alkyl halides is 1. The predicted octanol–water partition coefficient (Wildman–Crippen LogP) is 7.28. The Labute approximate surface area is 232 Å². The summed E-state index contributed by atoms with van der Waals surface area (Å²) < 4.78 is 2.29. The fourth-order valence-electron chi connectivity index (χ4n) is 4.80. The minimum Gasteiger partial charge on any atom is -0.481 e. The molecule has 7 nitrogen and oxygen atoms in total.